The average molecular weight is 358 g/mol. The van der Waals surface area contributed by atoms with E-state index in [2.05, 4.69) is 25.5 Å². The largest absolute Gasteiger partial charge is 0.359 e. The molecule has 1 saturated heterocycles. The highest BCUT2D eigenvalue weighted by Gasteiger charge is 2.39. The molecule has 8 heteroatoms. The summed E-state index contributed by atoms with van der Waals surface area (Å²) in [6.07, 6.45) is 8.67. The van der Waals surface area contributed by atoms with E-state index in [4.69, 9.17) is 4.52 Å². The molecule has 2 atom stereocenters. The van der Waals surface area contributed by atoms with Crippen LogP contribution in [0, 0.1) is 5.92 Å². The summed E-state index contributed by atoms with van der Waals surface area (Å²) < 4.78 is 7.27. The molecule has 0 unspecified atom stereocenters. The Morgan fingerprint density at radius 3 is 2.85 bits per heavy atom. The molecule has 4 rings (SSSR count). The van der Waals surface area contributed by atoms with Crippen molar-refractivity contribution in [3.8, 4) is 0 Å². The van der Waals surface area contributed by atoms with Crippen LogP contribution < -0.4 is 5.32 Å². The Kier molecular flexibility index (Phi) is 4.76. The van der Waals surface area contributed by atoms with Gasteiger partial charge in [-0.05, 0) is 18.4 Å². The fourth-order valence-electron chi connectivity index (χ4n) is 4.31. The number of hydrogen-bond donors (Lipinski definition) is 1. The van der Waals surface area contributed by atoms with Gasteiger partial charge in [0.2, 0.25) is 11.8 Å². The second-order valence-corrected chi connectivity index (χ2v) is 7.50. The summed E-state index contributed by atoms with van der Waals surface area (Å²) in [5, 5.41) is 11.2. The van der Waals surface area contributed by atoms with E-state index < -0.39 is 0 Å². The molecule has 1 saturated carbocycles. The lowest BCUT2D eigenvalue weighted by molar-refractivity contribution is -0.124. The molecule has 0 spiro atoms. The molecule has 0 bridgehead atoms. The van der Waals surface area contributed by atoms with E-state index in [0.717, 1.165) is 30.8 Å². The minimum atomic E-state index is -0.0959. The van der Waals surface area contributed by atoms with E-state index >= 15 is 0 Å². The SMILES string of the molecule is CNC(=O)[C@H]1CN(Cc2nc(C3CCCC3)no2)C[C@@H]1c1cnn(C)c1. The molecule has 2 aliphatic rings. The highest BCUT2D eigenvalue weighted by molar-refractivity contribution is 5.80. The van der Waals surface area contributed by atoms with Crippen LogP contribution in [0.2, 0.25) is 0 Å². The number of likely N-dealkylation sites (tertiary alicyclic amines) is 1. The van der Waals surface area contributed by atoms with Crippen molar-refractivity contribution in [2.75, 3.05) is 20.1 Å². The first-order valence-corrected chi connectivity index (χ1v) is 9.39. The van der Waals surface area contributed by atoms with Crippen LogP contribution in [0.5, 0.6) is 0 Å². The van der Waals surface area contributed by atoms with Crippen LogP contribution in [-0.2, 0) is 18.4 Å². The van der Waals surface area contributed by atoms with Crippen LogP contribution in [-0.4, -0.2) is 50.9 Å². The topological polar surface area (TPSA) is 89.1 Å². The smallest absolute Gasteiger partial charge is 0.240 e. The van der Waals surface area contributed by atoms with E-state index in [1.807, 2.05) is 19.4 Å². The number of aryl methyl sites for hydroxylation is 1. The van der Waals surface area contributed by atoms with Crippen molar-refractivity contribution >= 4 is 5.91 Å². The van der Waals surface area contributed by atoms with Crippen molar-refractivity contribution in [2.45, 2.75) is 44.1 Å². The number of amides is 1. The zero-order chi connectivity index (χ0) is 18.1. The van der Waals surface area contributed by atoms with Crippen LogP contribution in [0.25, 0.3) is 0 Å². The van der Waals surface area contributed by atoms with Gasteiger partial charge in [-0.15, -0.1) is 0 Å². The Labute approximate surface area is 152 Å². The molecular formula is C18H26N6O2. The van der Waals surface area contributed by atoms with Crippen molar-refractivity contribution in [3.63, 3.8) is 0 Å². The van der Waals surface area contributed by atoms with Crippen LogP contribution in [0.15, 0.2) is 16.9 Å². The minimum absolute atomic E-state index is 0.0681. The van der Waals surface area contributed by atoms with Gasteiger partial charge in [-0.2, -0.15) is 10.1 Å². The van der Waals surface area contributed by atoms with E-state index in [9.17, 15) is 4.79 Å². The van der Waals surface area contributed by atoms with Gasteiger partial charge in [0, 0.05) is 45.2 Å². The third-order valence-electron chi connectivity index (χ3n) is 5.69. The van der Waals surface area contributed by atoms with E-state index in [0.29, 0.717) is 24.9 Å². The monoisotopic (exact) mass is 358 g/mol. The molecule has 0 aromatic carbocycles. The van der Waals surface area contributed by atoms with Crippen LogP contribution in [0.4, 0.5) is 0 Å². The van der Waals surface area contributed by atoms with Crippen molar-refractivity contribution in [3.05, 3.63) is 29.7 Å². The first kappa shape index (κ1) is 17.2. The summed E-state index contributed by atoms with van der Waals surface area (Å²) in [4.78, 5) is 19.2. The fraction of sp³-hybridized carbons (Fsp3) is 0.667. The van der Waals surface area contributed by atoms with Crippen molar-refractivity contribution in [1.82, 2.24) is 30.1 Å². The highest BCUT2D eigenvalue weighted by atomic mass is 16.5. The number of carbonyl (C=O) groups excluding carboxylic acids is 1. The Morgan fingerprint density at radius 2 is 2.15 bits per heavy atom. The summed E-state index contributed by atoms with van der Waals surface area (Å²) in [5.41, 5.74) is 1.10. The molecule has 1 aliphatic carbocycles. The summed E-state index contributed by atoms with van der Waals surface area (Å²) in [5.74, 6) is 2.05. The van der Waals surface area contributed by atoms with Gasteiger partial charge < -0.3 is 9.84 Å². The zero-order valence-corrected chi connectivity index (χ0v) is 15.4. The van der Waals surface area contributed by atoms with E-state index in [1.54, 1.807) is 11.7 Å². The standard InChI is InChI=1S/C18H26N6O2/c1-19-18(25)15-10-24(9-14(15)13-7-20-23(2)8-13)11-16-21-17(22-26-16)12-5-3-4-6-12/h7-8,12,14-15H,3-6,9-11H2,1-2H3,(H,19,25)/t14-,15+/m1/s1. The summed E-state index contributed by atoms with van der Waals surface area (Å²) in [6.45, 7) is 2.05. The Bertz CT molecular complexity index is 763. The number of hydrogen-bond acceptors (Lipinski definition) is 6. The summed E-state index contributed by atoms with van der Waals surface area (Å²) in [7, 11) is 3.59. The number of nitrogens with zero attached hydrogens (tertiary/aromatic N) is 5. The second kappa shape index (κ2) is 7.19. The van der Waals surface area contributed by atoms with E-state index in [-0.39, 0.29) is 17.7 Å². The van der Waals surface area contributed by atoms with Crippen molar-refractivity contribution in [2.24, 2.45) is 13.0 Å². The first-order valence-electron chi connectivity index (χ1n) is 9.39. The number of aromatic nitrogens is 4. The van der Waals surface area contributed by atoms with Gasteiger partial charge in [0.15, 0.2) is 5.82 Å². The zero-order valence-electron chi connectivity index (χ0n) is 15.4. The summed E-state index contributed by atoms with van der Waals surface area (Å²) >= 11 is 0. The number of carbonyl (C=O) groups is 1. The Balaban J connectivity index is 1.46. The number of rotatable bonds is 5. The van der Waals surface area contributed by atoms with Gasteiger partial charge in [-0.3, -0.25) is 14.4 Å². The average Bonchev–Trinajstić information content (AvgIpc) is 3.41. The molecule has 2 aromatic heterocycles. The van der Waals surface area contributed by atoms with Gasteiger partial charge in [-0.25, -0.2) is 0 Å². The van der Waals surface area contributed by atoms with E-state index in [1.165, 1.54) is 12.8 Å². The predicted octanol–water partition coefficient (Wildman–Crippen LogP) is 1.42. The predicted molar refractivity (Wildman–Crippen MR) is 94.3 cm³/mol. The van der Waals surface area contributed by atoms with Crippen LogP contribution in [0.3, 0.4) is 0 Å². The van der Waals surface area contributed by atoms with Gasteiger partial charge in [-0.1, -0.05) is 18.0 Å². The summed E-state index contributed by atoms with van der Waals surface area (Å²) in [6, 6.07) is 0. The fourth-order valence-corrected chi connectivity index (χ4v) is 4.31. The highest BCUT2D eigenvalue weighted by Crippen LogP contribution is 2.34. The minimum Gasteiger partial charge on any atom is -0.359 e. The molecule has 2 aromatic rings. The molecule has 8 nitrogen and oxygen atoms in total. The normalized spacial score (nSPS) is 24.4. The Morgan fingerprint density at radius 1 is 1.35 bits per heavy atom. The van der Waals surface area contributed by atoms with Crippen molar-refractivity contribution in [1.29, 1.82) is 0 Å². The molecule has 1 amide bonds. The molecular weight excluding hydrogens is 332 g/mol. The lowest BCUT2D eigenvalue weighted by Crippen LogP contribution is -2.32. The van der Waals surface area contributed by atoms with Crippen LogP contribution >= 0.6 is 0 Å². The van der Waals surface area contributed by atoms with Crippen molar-refractivity contribution < 1.29 is 9.32 Å². The van der Waals surface area contributed by atoms with Gasteiger partial charge in [0.05, 0.1) is 18.7 Å². The lowest BCUT2D eigenvalue weighted by atomic mass is 9.90. The van der Waals surface area contributed by atoms with Gasteiger partial charge >= 0.3 is 0 Å². The maximum Gasteiger partial charge on any atom is 0.240 e. The van der Waals surface area contributed by atoms with Gasteiger partial charge in [0.1, 0.15) is 0 Å². The molecule has 26 heavy (non-hydrogen) atoms. The Hall–Kier alpha value is -2.22. The second-order valence-electron chi connectivity index (χ2n) is 7.50. The number of nitrogens with one attached hydrogen (secondary N) is 1. The van der Waals surface area contributed by atoms with Gasteiger partial charge in [0.25, 0.3) is 0 Å². The molecule has 1 aliphatic heterocycles. The molecule has 1 N–H and O–H groups in total. The molecule has 140 valence electrons. The lowest BCUT2D eigenvalue weighted by Gasteiger charge is -2.15. The third kappa shape index (κ3) is 3.38. The third-order valence-corrected chi connectivity index (χ3v) is 5.69. The maximum atomic E-state index is 12.4. The molecule has 2 fully saturated rings. The maximum absolute atomic E-state index is 12.4. The first-order chi connectivity index (χ1) is 12.6. The quantitative estimate of drug-likeness (QED) is 0.870. The van der Waals surface area contributed by atoms with Crippen LogP contribution in [0.1, 0.15) is 54.8 Å². The molecule has 3 heterocycles. The molecule has 0 radical (unpaired) electrons.